The van der Waals surface area contributed by atoms with Gasteiger partial charge in [0.2, 0.25) is 0 Å². The minimum absolute atomic E-state index is 0.446. The first-order chi connectivity index (χ1) is 29.8. The molecule has 0 nitrogen and oxygen atoms in total. The van der Waals surface area contributed by atoms with Crippen LogP contribution in [-0.4, -0.2) is 0 Å². The predicted molar refractivity (Wildman–Crippen MR) is 265 cm³/mol. The summed E-state index contributed by atoms with van der Waals surface area (Å²) in [6, 6.07) is 97.0. The Kier molecular flexibility index (Phi) is 17.3. The quantitative estimate of drug-likeness (QED) is 0.127. The van der Waals surface area contributed by atoms with E-state index in [2.05, 4.69) is 273 Å². The Hall–Kier alpha value is -5.22. The molecule has 297 valence electrons. The maximum atomic E-state index is 2.23. The van der Waals surface area contributed by atoms with E-state index < -0.39 is 23.8 Å². The Morgan fingerprint density at radius 3 is 0.367 bits per heavy atom. The Labute approximate surface area is 367 Å². The minimum atomic E-state index is -0.446. The van der Waals surface area contributed by atoms with E-state index in [1.54, 1.807) is 14.7 Å². The maximum Gasteiger partial charge on any atom is -0.0134 e. The summed E-state index contributed by atoms with van der Waals surface area (Å²) < 4.78 is 0. The van der Waals surface area contributed by atoms with Crippen LogP contribution in [0.4, 0.5) is 0 Å². The third-order valence-electron chi connectivity index (χ3n) is 9.30. The van der Waals surface area contributed by atoms with Gasteiger partial charge in [0.15, 0.2) is 0 Å². The van der Waals surface area contributed by atoms with Crippen LogP contribution in [0.2, 0.25) is 10.7 Å². The van der Waals surface area contributed by atoms with Crippen LogP contribution in [0.3, 0.4) is 0 Å². The molecule has 0 saturated carbocycles. The summed E-state index contributed by atoms with van der Waals surface area (Å²) in [5.74, 6) is 0. The Morgan fingerprint density at radius 1 is 0.183 bits per heavy atom. The largest absolute Gasteiger partial charge is 0.0622 e. The van der Waals surface area contributed by atoms with Crippen molar-refractivity contribution in [3.05, 3.63) is 273 Å². The second kappa shape index (κ2) is 24.1. The zero-order valence-corrected chi connectivity index (χ0v) is 37.3. The number of hydrogen-bond acceptors (Lipinski definition) is 0. The average molecular weight is 874 g/mol. The number of rotatable bonds is 9. The molecule has 0 atom stereocenters. The van der Waals surface area contributed by atoms with Crippen molar-refractivity contribution in [3.8, 4) is 0 Å². The average Bonchev–Trinajstić information content (AvgIpc) is 4.24. The molecule has 0 bridgehead atoms. The van der Waals surface area contributed by atoms with Crippen LogP contribution < -0.4 is 47.7 Å². The number of benzene rings is 9. The fraction of sp³-hybridized carbons (Fsp3) is 0.0357. The molecule has 0 aliphatic carbocycles. The molecule has 0 unspecified atom stereocenters. The molecule has 60 heavy (non-hydrogen) atoms. The Bertz CT molecular complexity index is 1910. The monoisotopic (exact) mass is 873 g/mol. The van der Waals surface area contributed by atoms with Gasteiger partial charge in [-0.1, -0.05) is 273 Å². The van der Waals surface area contributed by atoms with Crippen LogP contribution >= 0.6 is 23.8 Å². The van der Waals surface area contributed by atoms with E-state index >= 15 is 0 Å². The fourth-order valence-corrected chi connectivity index (χ4v) is 13.5. The first-order valence-electron chi connectivity index (χ1n) is 20.2. The molecule has 4 heteroatoms. The van der Waals surface area contributed by atoms with Crippen LogP contribution in [0.5, 0.6) is 0 Å². The molecule has 1 fully saturated rings. The van der Waals surface area contributed by atoms with Crippen molar-refractivity contribution in [3.63, 3.8) is 0 Å². The molecule has 10 rings (SSSR count). The van der Waals surface area contributed by atoms with E-state index in [0.717, 1.165) is 0 Å². The first kappa shape index (κ1) is 42.9. The van der Waals surface area contributed by atoms with E-state index in [1.807, 2.05) is 0 Å². The second-order valence-corrected chi connectivity index (χ2v) is 21.7. The molecular formula is C56H49CoP3. The van der Waals surface area contributed by atoms with Gasteiger partial charge in [-0.25, -0.2) is 0 Å². The molecule has 1 aliphatic rings. The van der Waals surface area contributed by atoms with Gasteiger partial charge in [0, 0.05) is 0 Å². The van der Waals surface area contributed by atoms with Crippen molar-refractivity contribution < 1.29 is 14.7 Å². The predicted octanol–water partition coefficient (Wildman–Crippen LogP) is 11.3. The van der Waals surface area contributed by atoms with Gasteiger partial charge in [-0.3, -0.25) is 0 Å². The summed E-state index contributed by atoms with van der Waals surface area (Å²) in [6.07, 6.45) is 0. The minimum Gasteiger partial charge on any atom is -0.0622 e. The summed E-state index contributed by atoms with van der Waals surface area (Å²) >= 11 is 1.69. The van der Waals surface area contributed by atoms with Gasteiger partial charge in [-0.05, 0) is 71.5 Å². The third-order valence-corrected chi connectivity index (χ3v) is 17.1. The van der Waals surface area contributed by atoms with Gasteiger partial charge in [0.25, 0.3) is 0 Å². The molecule has 0 aromatic heterocycles. The Morgan fingerprint density at radius 2 is 0.283 bits per heavy atom. The van der Waals surface area contributed by atoms with Crippen molar-refractivity contribution in [1.29, 1.82) is 0 Å². The van der Waals surface area contributed by atoms with E-state index in [9.17, 15) is 0 Å². The van der Waals surface area contributed by atoms with E-state index in [1.165, 1.54) is 58.5 Å². The second-order valence-electron chi connectivity index (χ2n) is 13.5. The summed E-state index contributed by atoms with van der Waals surface area (Å²) in [5, 5.41) is 15.5. The molecule has 1 saturated heterocycles. The molecule has 0 N–H and O–H groups in total. The molecular weight excluding hydrogens is 824 g/mol. The van der Waals surface area contributed by atoms with Gasteiger partial charge in [-0.15, -0.1) is 0 Å². The van der Waals surface area contributed by atoms with Gasteiger partial charge in [0.05, 0.1) is 0 Å². The molecule has 9 aromatic carbocycles. The topological polar surface area (TPSA) is 0 Å². The van der Waals surface area contributed by atoms with E-state index in [0.29, 0.717) is 0 Å². The van der Waals surface area contributed by atoms with Crippen molar-refractivity contribution in [2.24, 2.45) is 0 Å². The summed E-state index contributed by atoms with van der Waals surface area (Å²) in [7, 11) is -1.34. The zero-order chi connectivity index (χ0) is 40.9. The van der Waals surface area contributed by atoms with Crippen LogP contribution in [0.25, 0.3) is 0 Å². The van der Waals surface area contributed by atoms with Gasteiger partial charge < -0.3 is 0 Å². The smallest absolute Gasteiger partial charge is 0.0134 e. The normalized spacial score (nSPS) is 11.4. The SMILES string of the molecule is [CH2]1[CH2][Co]1.c1ccc(P(c2ccccc2)c2ccccc2)cc1.c1ccc(P(c2ccccc2)c2ccccc2)cc1.c1ccc(P(c2ccccc2)c2ccccc2)cc1. The van der Waals surface area contributed by atoms with Crippen molar-refractivity contribution >= 4 is 71.5 Å². The molecule has 1 heterocycles. The molecule has 0 spiro atoms. The van der Waals surface area contributed by atoms with Crippen LogP contribution in [0.15, 0.2) is 273 Å². The van der Waals surface area contributed by atoms with Crippen LogP contribution in [0.1, 0.15) is 0 Å². The third kappa shape index (κ3) is 13.1. The molecule has 0 radical (unpaired) electrons. The van der Waals surface area contributed by atoms with Gasteiger partial charge >= 0.3 is 25.4 Å². The van der Waals surface area contributed by atoms with E-state index in [4.69, 9.17) is 0 Å². The summed E-state index contributed by atoms with van der Waals surface area (Å²) in [5.41, 5.74) is 0. The zero-order valence-electron chi connectivity index (χ0n) is 33.6. The molecule has 1 aliphatic heterocycles. The van der Waals surface area contributed by atoms with Crippen LogP contribution in [0, 0.1) is 0 Å². The van der Waals surface area contributed by atoms with Gasteiger partial charge in [0.1, 0.15) is 0 Å². The summed E-state index contributed by atoms with van der Waals surface area (Å²) in [6.45, 7) is 0. The summed E-state index contributed by atoms with van der Waals surface area (Å²) in [4.78, 5) is 0. The standard InChI is InChI=1S/3C18H15P.C2H4.Co/c3*1-4-10-16(11-5-1)19(17-12-6-2-7-13-17)18-14-8-3-9-15-18;1-2;/h3*1-15H;1-2H2;. The fourth-order valence-electron chi connectivity index (χ4n) is 6.54. The first-order valence-corrected chi connectivity index (χ1v) is 25.7. The van der Waals surface area contributed by atoms with Crippen molar-refractivity contribution in [2.45, 2.75) is 10.7 Å². The van der Waals surface area contributed by atoms with Crippen molar-refractivity contribution in [1.82, 2.24) is 0 Å². The van der Waals surface area contributed by atoms with Gasteiger partial charge in [-0.2, -0.15) is 0 Å². The van der Waals surface area contributed by atoms with Crippen molar-refractivity contribution in [2.75, 3.05) is 0 Å². The number of hydrogen-bond donors (Lipinski definition) is 0. The Balaban J connectivity index is 0.000000131. The van der Waals surface area contributed by atoms with Crippen LogP contribution in [-0.2, 0) is 14.7 Å². The molecule has 0 amide bonds. The molecule has 9 aromatic rings. The maximum absolute atomic E-state index is 2.23. The van der Waals surface area contributed by atoms with E-state index in [-0.39, 0.29) is 0 Å².